The first-order valence-corrected chi connectivity index (χ1v) is 16.6. The van der Waals surface area contributed by atoms with Crippen LogP contribution in [-0.2, 0) is 11.2 Å². The summed E-state index contributed by atoms with van der Waals surface area (Å²) in [7, 11) is 0. The van der Waals surface area contributed by atoms with Gasteiger partial charge in [0.1, 0.15) is 22.6 Å². The van der Waals surface area contributed by atoms with E-state index < -0.39 is 11.3 Å². The van der Waals surface area contributed by atoms with Crippen LogP contribution in [0.1, 0.15) is 69.8 Å². The van der Waals surface area contributed by atoms with Crippen LogP contribution in [0, 0.1) is 13.8 Å². The van der Waals surface area contributed by atoms with Gasteiger partial charge in [-0.25, -0.2) is 19.1 Å². The predicted molar refractivity (Wildman–Crippen MR) is 185 cm³/mol. The predicted octanol–water partition coefficient (Wildman–Crippen LogP) is 5.84. The van der Waals surface area contributed by atoms with Crippen LogP contribution >= 0.6 is 0 Å². The molecule has 4 aromatic heterocycles. The van der Waals surface area contributed by atoms with Crippen LogP contribution in [0.3, 0.4) is 0 Å². The minimum Gasteiger partial charge on any atom is -0.492 e. The van der Waals surface area contributed by atoms with Crippen LogP contribution in [0.5, 0.6) is 5.75 Å². The summed E-state index contributed by atoms with van der Waals surface area (Å²) in [6, 6.07) is 5.82. The van der Waals surface area contributed by atoms with E-state index in [1.54, 1.807) is 15.7 Å². The number of pyridine rings is 2. The van der Waals surface area contributed by atoms with Crippen molar-refractivity contribution in [2.75, 3.05) is 31.1 Å². The number of fused-ring (bicyclic) bond motifs is 4. The number of carbonyl (C=O) groups excluding carboxylic acids is 1. The van der Waals surface area contributed by atoms with Gasteiger partial charge in [0.25, 0.3) is 0 Å². The second-order valence-electron chi connectivity index (χ2n) is 14.2. The van der Waals surface area contributed by atoms with Gasteiger partial charge in [0, 0.05) is 54.8 Å². The topological polar surface area (TPSA) is 131 Å². The number of aryl methyl sites for hydroxylation is 2. The molecule has 250 valence electrons. The Morgan fingerprint density at radius 1 is 1.10 bits per heavy atom. The van der Waals surface area contributed by atoms with Gasteiger partial charge in [0.05, 0.1) is 35.4 Å². The highest BCUT2D eigenvalue weighted by Gasteiger charge is 2.35. The quantitative estimate of drug-likeness (QED) is 0.255. The fraction of sp³-hybridized carbons (Fsp3) is 0.444. The van der Waals surface area contributed by atoms with Gasteiger partial charge in [-0.1, -0.05) is 19.9 Å². The van der Waals surface area contributed by atoms with Crippen molar-refractivity contribution >= 4 is 33.8 Å². The summed E-state index contributed by atoms with van der Waals surface area (Å²) in [6.45, 7) is 17.6. The maximum Gasteiger partial charge on any atom is 0.410 e. The largest absolute Gasteiger partial charge is 0.492 e. The van der Waals surface area contributed by atoms with E-state index >= 15 is 0 Å². The molecule has 6 heterocycles. The number of carbonyl (C=O) groups is 1. The smallest absolute Gasteiger partial charge is 0.410 e. The van der Waals surface area contributed by atoms with Crippen molar-refractivity contribution in [1.82, 2.24) is 34.6 Å². The minimum absolute atomic E-state index is 0.0366. The molecule has 0 spiro atoms. The molecule has 0 unspecified atom stereocenters. The first kappa shape index (κ1) is 31.6. The molecule has 48 heavy (non-hydrogen) atoms. The molecule has 1 saturated heterocycles. The molecule has 1 N–H and O–H groups in total. The standard InChI is InChI=1S/C36H42N8O4/c1-19(2)28-30(21(4)11-13-37-28)44-33-27(32(40-34(44)45)43-15-14-42(18-22(43)5)35(46)48-36(6,7)8)31-23(12-16-47-31)29(39-33)26-20(3)9-10-25-24(26)17-38-41-25/h9-11,13,17,19,22H,12,14-16,18H2,1-8H3,(H,38,41)/t22-/m0/s1. The summed E-state index contributed by atoms with van der Waals surface area (Å²) in [6.07, 6.45) is 3.91. The van der Waals surface area contributed by atoms with Gasteiger partial charge in [-0.15, -0.1) is 0 Å². The van der Waals surface area contributed by atoms with E-state index in [-0.39, 0.29) is 18.1 Å². The van der Waals surface area contributed by atoms with E-state index in [4.69, 9.17) is 24.4 Å². The summed E-state index contributed by atoms with van der Waals surface area (Å²) in [4.78, 5) is 46.2. The molecule has 0 bridgehead atoms. The van der Waals surface area contributed by atoms with E-state index in [1.165, 1.54) is 0 Å². The van der Waals surface area contributed by atoms with Crippen LogP contribution in [-0.4, -0.2) is 78.6 Å². The molecular weight excluding hydrogens is 608 g/mol. The Morgan fingerprint density at radius 2 is 1.90 bits per heavy atom. The molecular formula is C36H42N8O4. The van der Waals surface area contributed by atoms with Crippen molar-refractivity contribution in [1.29, 1.82) is 0 Å². The molecule has 1 atom stereocenters. The van der Waals surface area contributed by atoms with Gasteiger partial charge in [-0.2, -0.15) is 10.1 Å². The summed E-state index contributed by atoms with van der Waals surface area (Å²) >= 11 is 0. The molecule has 0 saturated carbocycles. The Hall–Kier alpha value is -5.00. The molecule has 5 aromatic rings. The van der Waals surface area contributed by atoms with Gasteiger partial charge in [0.15, 0.2) is 5.65 Å². The molecule has 12 heteroatoms. The summed E-state index contributed by atoms with van der Waals surface area (Å²) in [5.74, 6) is 1.22. The lowest BCUT2D eigenvalue weighted by Crippen LogP contribution is -2.55. The zero-order valence-corrected chi connectivity index (χ0v) is 28.8. The SMILES string of the molecule is Cc1ccnc(C(C)C)c1-n1c(=O)nc(N2CCN(C(=O)OC(C)(C)C)C[C@@H]2C)c2c3c(c(-c4c(C)ccc5[nH]ncc45)nc21)CCO3. The van der Waals surface area contributed by atoms with E-state index in [2.05, 4.69) is 41.9 Å². The van der Waals surface area contributed by atoms with Gasteiger partial charge in [-0.05, 0) is 70.7 Å². The summed E-state index contributed by atoms with van der Waals surface area (Å²) in [5, 5.41) is 9.05. The molecule has 0 aliphatic carbocycles. The van der Waals surface area contributed by atoms with Crippen LogP contribution in [0.25, 0.3) is 38.9 Å². The maximum atomic E-state index is 14.5. The number of aromatic nitrogens is 6. The molecule has 1 fully saturated rings. The number of nitrogens with zero attached hydrogens (tertiary/aromatic N) is 7. The van der Waals surface area contributed by atoms with Crippen molar-refractivity contribution < 1.29 is 14.3 Å². The van der Waals surface area contributed by atoms with Crippen molar-refractivity contribution in [2.45, 2.75) is 79.4 Å². The number of ether oxygens (including phenoxy) is 2. The monoisotopic (exact) mass is 650 g/mol. The number of amides is 1. The number of hydrogen-bond acceptors (Lipinski definition) is 9. The average Bonchev–Trinajstić information content (AvgIpc) is 3.70. The number of H-pyrrole nitrogens is 1. The zero-order valence-electron chi connectivity index (χ0n) is 28.8. The van der Waals surface area contributed by atoms with Crippen molar-refractivity contribution in [3.8, 4) is 22.7 Å². The Labute approximate surface area is 279 Å². The molecule has 2 aliphatic rings. The first-order valence-electron chi connectivity index (χ1n) is 16.6. The van der Waals surface area contributed by atoms with Crippen LogP contribution in [0.4, 0.5) is 10.6 Å². The second kappa shape index (κ2) is 11.6. The highest BCUT2D eigenvalue weighted by molar-refractivity contribution is 6.02. The molecule has 2 aliphatic heterocycles. The number of anilines is 1. The van der Waals surface area contributed by atoms with Crippen molar-refractivity contribution in [3.63, 3.8) is 0 Å². The first-order chi connectivity index (χ1) is 22.8. The normalized spacial score (nSPS) is 16.6. The number of rotatable bonds is 4. The highest BCUT2D eigenvalue weighted by atomic mass is 16.6. The fourth-order valence-electron chi connectivity index (χ4n) is 6.99. The average molecular weight is 651 g/mol. The number of benzene rings is 1. The Kier molecular flexibility index (Phi) is 7.64. The van der Waals surface area contributed by atoms with E-state index in [1.807, 2.05) is 52.9 Å². The minimum atomic E-state index is -0.598. The molecule has 12 nitrogen and oxygen atoms in total. The van der Waals surface area contributed by atoms with Gasteiger partial charge in [0.2, 0.25) is 0 Å². The third-order valence-corrected chi connectivity index (χ3v) is 9.20. The molecule has 0 radical (unpaired) electrons. The van der Waals surface area contributed by atoms with Crippen molar-refractivity contribution in [2.24, 2.45) is 0 Å². The van der Waals surface area contributed by atoms with Gasteiger partial charge < -0.3 is 19.3 Å². The number of hydrogen-bond donors (Lipinski definition) is 1. The lowest BCUT2D eigenvalue weighted by molar-refractivity contribution is 0.0218. The molecule has 1 aromatic carbocycles. The van der Waals surface area contributed by atoms with Crippen molar-refractivity contribution in [3.05, 3.63) is 63.5 Å². The molecule has 1 amide bonds. The maximum absolute atomic E-state index is 14.5. The van der Waals surface area contributed by atoms with Gasteiger partial charge in [-0.3, -0.25) is 10.1 Å². The van der Waals surface area contributed by atoms with Crippen LogP contribution in [0.2, 0.25) is 0 Å². The lowest BCUT2D eigenvalue weighted by Gasteiger charge is -2.41. The second-order valence-corrected chi connectivity index (χ2v) is 14.2. The summed E-state index contributed by atoms with van der Waals surface area (Å²) < 4.78 is 13.8. The van der Waals surface area contributed by atoms with E-state index in [0.717, 1.165) is 44.5 Å². The lowest BCUT2D eigenvalue weighted by atomic mass is 9.95. The third kappa shape index (κ3) is 5.23. The number of aromatic amines is 1. The third-order valence-electron chi connectivity index (χ3n) is 9.20. The Balaban J connectivity index is 1.50. The molecule has 7 rings (SSSR count). The zero-order chi connectivity index (χ0) is 34.1. The van der Waals surface area contributed by atoms with E-state index in [0.29, 0.717) is 61.0 Å². The summed E-state index contributed by atoms with van der Waals surface area (Å²) in [5.41, 5.74) is 6.40. The fourth-order valence-corrected chi connectivity index (χ4v) is 6.99. The van der Waals surface area contributed by atoms with Crippen LogP contribution < -0.4 is 15.3 Å². The Morgan fingerprint density at radius 3 is 2.62 bits per heavy atom. The number of nitrogens with one attached hydrogen (secondary N) is 1. The van der Waals surface area contributed by atoms with Gasteiger partial charge >= 0.3 is 11.8 Å². The number of piperazine rings is 1. The Bertz CT molecular complexity index is 2140. The van der Waals surface area contributed by atoms with Crippen LogP contribution in [0.15, 0.2) is 35.4 Å². The highest BCUT2D eigenvalue weighted by Crippen LogP contribution is 2.45. The van der Waals surface area contributed by atoms with E-state index in [9.17, 15) is 9.59 Å².